The summed E-state index contributed by atoms with van der Waals surface area (Å²) in [7, 11) is 0. The van der Waals surface area contributed by atoms with E-state index in [1.165, 1.54) is 5.56 Å². The number of aromatic nitrogens is 3. The van der Waals surface area contributed by atoms with Gasteiger partial charge in [0.05, 0.1) is 18.8 Å². The monoisotopic (exact) mass is 433 g/mol. The van der Waals surface area contributed by atoms with E-state index in [-0.39, 0.29) is 0 Å². The van der Waals surface area contributed by atoms with Gasteiger partial charge < -0.3 is 19.2 Å². The van der Waals surface area contributed by atoms with Gasteiger partial charge in [0.1, 0.15) is 17.8 Å². The molecule has 8 heteroatoms. The standard InChI is InChI=1S/C24H27N5O3/c30-14-13-29-11-9-28(10-12-29)8-6-19-17-31-23-15-20(2-3-21(19)23)32-24-4-1-18(16-25-24)22-5-7-26-27-22/h1-5,7,14-16,19H,6,8-13,17H2,(H,26,27)/t19-/m1/s1. The van der Waals surface area contributed by atoms with Gasteiger partial charge in [-0.05, 0) is 31.2 Å². The minimum atomic E-state index is 0.402. The van der Waals surface area contributed by atoms with Crippen LogP contribution in [0.15, 0.2) is 48.8 Å². The molecule has 8 nitrogen and oxygen atoms in total. The number of pyridine rings is 1. The van der Waals surface area contributed by atoms with Gasteiger partial charge in [0.15, 0.2) is 0 Å². The smallest absolute Gasteiger partial charge is 0.219 e. The molecule has 2 aliphatic heterocycles. The van der Waals surface area contributed by atoms with Crippen LogP contribution >= 0.6 is 0 Å². The maximum atomic E-state index is 10.7. The Morgan fingerprint density at radius 2 is 2.00 bits per heavy atom. The zero-order valence-electron chi connectivity index (χ0n) is 17.9. The maximum absolute atomic E-state index is 10.7. The Hall–Kier alpha value is -3.23. The first-order valence-electron chi connectivity index (χ1n) is 11.1. The van der Waals surface area contributed by atoms with Gasteiger partial charge in [-0.25, -0.2) is 4.98 Å². The molecule has 1 aromatic carbocycles. The lowest BCUT2D eigenvalue weighted by Crippen LogP contribution is -2.47. The van der Waals surface area contributed by atoms with E-state index in [1.807, 2.05) is 30.3 Å². The number of H-pyrrole nitrogens is 1. The summed E-state index contributed by atoms with van der Waals surface area (Å²) in [6.45, 7) is 6.28. The van der Waals surface area contributed by atoms with Crippen LogP contribution in [0, 0.1) is 0 Å². The lowest BCUT2D eigenvalue weighted by molar-refractivity contribution is -0.109. The molecular weight excluding hydrogens is 406 g/mol. The number of fused-ring (bicyclic) bond motifs is 1. The SMILES string of the molecule is O=CCN1CCN(CC[C@@H]2COc3cc(Oc4ccc(-c5ccn[nH]5)cn4)ccc32)CC1. The first-order valence-corrected chi connectivity index (χ1v) is 11.1. The predicted molar refractivity (Wildman–Crippen MR) is 120 cm³/mol. The van der Waals surface area contributed by atoms with Gasteiger partial charge in [0.2, 0.25) is 5.88 Å². The van der Waals surface area contributed by atoms with Gasteiger partial charge in [0, 0.05) is 67.8 Å². The number of ether oxygens (including phenoxy) is 2. The number of benzene rings is 1. The predicted octanol–water partition coefficient (Wildman–Crippen LogP) is 2.95. The van der Waals surface area contributed by atoms with E-state index in [2.05, 4.69) is 31.0 Å². The van der Waals surface area contributed by atoms with Crippen molar-refractivity contribution in [2.24, 2.45) is 0 Å². The van der Waals surface area contributed by atoms with E-state index in [4.69, 9.17) is 9.47 Å². The number of aldehydes is 1. The molecule has 166 valence electrons. The Morgan fingerprint density at radius 1 is 1.12 bits per heavy atom. The summed E-state index contributed by atoms with van der Waals surface area (Å²) in [5, 5.41) is 6.89. The number of rotatable bonds is 8. The van der Waals surface area contributed by atoms with Crippen LogP contribution in [0.2, 0.25) is 0 Å². The molecule has 1 saturated heterocycles. The van der Waals surface area contributed by atoms with Crippen molar-refractivity contribution in [2.45, 2.75) is 12.3 Å². The van der Waals surface area contributed by atoms with Crippen LogP contribution in [0.5, 0.6) is 17.4 Å². The topological polar surface area (TPSA) is 83.6 Å². The lowest BCUT2D eigenvalue weighted by Gasteiger charge is -2.34. The Morgan fingerprint density at radius 3 is 2.75 bits per heavy atom. The first-order chi connectivity index (χ1) is 15.8. The fourth-order valence-corrected chi connectivity index (χ4v) is 4.34. The third-order valence-corrected chi connectivity index (χ3v) is 6.23. The van der Waals surface area contributed by atoms with Crippen LogP contribution < -0.4 is 9.47 Å². The van der Waals surface area contributed by atoms with Gasteiger partial charge in [-0.1, -0.05) is 6.07 Å². The summed E-state index contributed by atoms with van der Waals surface area (Å²) >= 11 is 0. The molecule has 0 unspecified atom stereocenters. The second kappa shape index (κ2) is 9.50. The Kier molecular flexibility index (Phi) is 6.13. The number of nitrogens with zero attached hydrogens (tertiary/aromatic N) is 4. The minimum Gasteiger partial charge on any atom is -0.493 e. The van der Waals surface area contributed by atoms with E-state index in [9.17, 15) is 4.79 Å². The van der Waals surface area contributed by atoms with Crippen LogP contribution in [0.25, 0.3) is 11.3 Å². The largest absolute Gasteiger partial charge is 0.493 e. The highest BCUT2D eigenvalue weighted by Crippen LogP contribution is 2.39. The van der Waals surface area contributed by atoms with Crippen molar-refractivity contribution in [3.8, 4) is 28.6 Å². The van der Waals surface area contributed by atoms with E-state index in [0.717, 1.165) is 68.2 Å². The minimum absolute atomic E-state index is 0.402. The van der Waals surface area contributed by atoms with E-state index in [0.29, 0.717) is 24.9 Å². The molecule has 3 aromatic rings. The summed E-state index contributed by atoms with van der Waals surface area (Å²) in [6.07, 6.45) is 5.54. The Balaban J connectivity index is 1.16. The highest BCUT2D eigenvalue weighted by molar-refractivity contribution is 5.57. The molecule has 4 heterocycles. The van der Waals surface area contributed by atoms with Crippen LogP contribution in [0.1, 0.15) is 17.9 Å². The number of nitrogens with one attached hydrogen (secondary N) is 1. The molecule has 1 N–H and O–H groups in total. The number of hydrogen-bond donors (Lipinski definition) is 1. The van der Waals surface area contributed by atoms with E-state index >= 15 is 0 Å². The van der Waals surface area contributed by atoms with Gasteiger partial charge >= 0.3 is 0 Å². The number of aromatic amines is 1. The molecule has 2 aliphatic rings. The van der Waals surface area contributed by atoms with Crippen molar-refractivity contribution < 1.29 is 14.3 Å². The van der Waals surface area contributed by atoms with Crippen LogP contribution in [0.3, 0.4) is 0 Å². The molecule has 0 bridgehead atoms. The third-order valence-electron chi connectivity index (χ3n) is 6.23. The second-order valence-corrected chi connectivity index (χ2v) is 8.26. The van der Waals surface area contributed by atoms with E-state index < -0.39 is 0 Å². The molecule has 32 heavy (non-hydrogen) atoms. The van der Waals surface area contributed by atoms with Crippen molar-refractivity contribution in [2.75, 3.05) is 45.9 Å². The average Bonchev–Trinajstić information content (AvgIpc) is 3.50. The zero-order valence-corrected chi connectivity index (χ0v) is 17.9. The van der Waals surface area contributed by atoms with Crippen molar-refractivity contribution in [1.82, 2.24) is 25.0 Å². The molecule has 0 aliphatic carbocycles. The molecule has 0 amide bonds. The summed E-state index contributed by atoms with van der Waals surface area (Å²) in [5.74, 6) is 2.56. The normalized spacial score (nSPS) is 18.8. The van der Waals surface area contributed by atoms with Gasteiger partial charge in [0.25, 0.3) is 0 Å². The van der Waals surface area contributed by atoms with Gasteiger partial charge in [-0.3, -0.25) is 10.00 Å². The quantitative estimate of drug-likeness (QED) is 0.547. The third kappa shape index (κ3) is 4.66. The fraction of sp³-hybridized carbons (Fsp3) is 0.375. The molecular formula is C24H27N5O3. The maximum Gasteiger partial charge on any atom is 0.219 e. The van der Waals surface area contributed by atoms with Crippen LogP contribution in [-0.4, -0.2) is 77.1 Å². The van der Waals surface area contributed by atoms with Crippen molar-refractivity contribution in [3.05, 3.63) is 54.4 Å². The number of carbonyl (C=O) groups excluding carboxylic acids is 1. The second-order valence-electron chi connectivity index (χ2n) is 8.26. The Bertz CT molecular complexity index is 1030. The molecule has 0 radical (unpaired) electrons. The summed E-state index contributed by atoms with van der Waals surface area (Å²) in [6, 6.07) is 11.8. The number of piperazine rings is 1. The zero-order chi connectivity index (χ0) is 21.8. The summed E-state index contributed by atoms with van der Waals surface area (Å²) in [5.41, 5.74) is 3.13. The lowest BCUT2D eigenvalue weighted by atomic mass is 9.97. The van der Waals surface area contributed by atoms with Crippen LogP contribution in [-0.2, 0) is 4.79 Å². The Labute approximate surface area is 187 Å². The first kappa shape index (κ1) is 20.7. The van der Waals surface area contributed by atoms with E-state index in [1.54, 1.807) is 12.4 Å². The molecule has 2 aromatic heterocycles. The summed E-state index contributed by atoms with van der Waals surface area (Å²) in [4.78, 5) is 19.8. The van der Waals surface area contributed by atoms with Gasteiger partial charge in [-0.2, -0.15) is 5.10 Å². The van der Waals surface area contributed by atoms with Crippen molar-refractivity contribution in [1.29, 1.82) is 0 Å². The molecule has 0 saturated carbocycles. The van der Waals surface area contributed by atoms with Crippen molar-refractivity contribution >= 4 is 6.29 Å². The van der Waals surface area contributed by atoms with Gasteiger partial charge in [-0.15, -0.1) is 0 Å². The molecule has 1 fully saturated rings. The highest BCUT2D eigenvalue weighted by atomic mass is 16.5. The fourth-order valence-electron chi connectivity index (χ4n) is 4.34. The molecule has 0 spiro atoms. The number of hydrogen-bond acceptors (Lipinski definition) is 7. The molecule has 5 rings (SSSR count). The highest BCUT2D eigenvalue weighted by Gasteiger charge is 2.26. The number of carbonyl (C=O) groups is 1. The summed E-state index contributed by atoms with van der Waals surface area (Å²) < 4.78 is 11.9. The van der Waals surface area contributed by atoms with Crippen LogP contribution in [0.4, 0.5) is 0 Å². The molecule has 1 atom stereocenters. The average molecular weight is 434 g/mol. The van der Waals surface area contributed by atoms with Crippen molar-refractivity contribution in [3.63, 3.8) is 0 Å².